The number of hydrogen-bond acceptors (Lipinski definition) is 2. The van der Waals surface area contributed by atoms with Gasteiger partial charge in [-0.2, -0.15) is 0 Å². The number of aryl methyl sites for hydroxylation is 1. The third-order valence-electron chi connectivity index (χ3n) is 3.10. The van der Waals surface area contributed by atoms with Gasteiger partial charge in [-0.15, -0.1) is 0 Å². The summed E-state index contributed by atoms with van der Waals surface area (Å²) in [6, 6.07) is 11.1. The Morgan fingerprint density at radius 3 is 2.68 bits per heavy atom. The molecule has 0 bridgehead atoms. The van der Waals surface area contributed by atoms with Gasteiger partial charge in [0, 0.05) is 6.20 Å². The van der Waals surface area contributed by atoms with E-state index in [1.54, 1.807) is 18.3 Å². The van der Waals surface area contributed by atoms with Crippen molar-refractivity contribution in [3.8, 4) is 0 Å². The highest BCUT2D eigenvalue weighted by molar-refractivity contribution is 6.31. The van der Waals surface area contributed by atoms with Crippen LogP contribution in [-0.2, 0) is 11.2 Å². The Kier molecular flexibility index (Phi) is 4.17. The van der Waals surface area contributed by atoms with E-state index >= 15 is 0 Å². The number of hydrogen-bond donors (Lipinski definition) is 1. The standard InChI is InChI=1S/C15H14ClNO2/c1-10-5-2-3-6-11(10)9-12(15(18)19)14-13(16)7-4-8-17-14/h2-8,12H,9H2,1H3,(H,18,19). The summed E-state index contributed by atoms with van der Waals surface area (Å²) in [5, 5.41) is 9.80. The maximum atomic E-state index is 11.5. The third kappa shape index (κ3) is 3.12. The second-order valence-electron chi connectivity index (χ2n) is 4.39. The molecular formula is C15H14ClNO2. The van der Waals surface area contributed by atoms with Crippen molar-refractivity contribution >= 4 is 17.6 Å². The summed E-state index contributed by atoms with van der Waals surface area (Å²) in [6.45, 7) is 1.97. The Bertz CT molecular complexity index is 598. The number of carboxylic acid groups (broad SMARTS) is 1. The number of halogens is 1. The van der Waals surface area contributed by atoms with E-state index in [-0.39, 0.29) is 0 Å². The number of nitrogens with zero attached hydrogens (tertiary/aromatic N) is 1. The van der Waals surface area contributed by atoms with E-state index in [2.05, 4.69) is 4.98 Å². The van der Waals surface area contributed by atoms with Crippen molar-refractivity contribution in [1.82, 2.24) is 4.98 Å². The van der Waals surface area contributed by atoms with Crippen molar-refractivity contribution in [2.24, 2.45) is 0 Å². The van der Waals surface area contributed by atoms with E-state index in [1.165, 1.54) is 0 Å². The van der Waals surface area contributed by atoms with Gasteiger partial charge in [-0.05, 0) is 36.6 Å². The van der Waals surface area contributed by atoms with Crippen molar-refractivity contribution in [3.63, 3.8) is 0 Å². The van der Waals surface area contributed by atoms with E-state index in [4.69, 9.17) is 11.6 Å². The van der Waals surface area contributed by atoms with Gasteiger partial charge in [0.25, 0.3) is 0 Å². The van der Waals surface area contributed by atoms with E-state index in [1.807, 2.05) is 31.2 Å². The van der Waals surface area contributed by atoms with Crippen LogP contribution in [0.5, 0.6) is 0 Å². The van der Waals surface area contributed by atoms with Crippen LogP contribution in [0, 0.1) is 6.92 Å². The lowest BCUT2D eigenvalue weighted by Gasteiger charge is -2.14. The molecule has 98 valence electrons. The summed E-state index contributed by atoms with van der Waals surface area (Å²) in [4.78, 5) is 15.6. The van der Waals surface area contributed by atoms with Gasteiger partial charge >= 0.3 is 5.97 Å². The van der Waals surface area contributed by atoms with Crippen LogP contribution in [0.15, 0.2) is 42.6 Å². The molecule has 0 saturated heterocycles. The number of rotatable bonds is 4. The fourth-order valence-corrected chi connectivity index (χ4v) is 2.27. The highest BCUT2D eigenvalue weighted by Gasteiger charge is 2.24. The minimum atomic E-state index is -0.913. The minimum absolute atomic E-state index is 0.388. The van der Waals surface area contributed by atoms with Crippen molar-refractivity contribution < 1.29 is 9.90 Å². The molecule has 0 radical (unpaired) electrons. The molecule has 0 amide bonds. The summed E-state index contributed by atoms with van der Waals surface area (Å²) in [7, 11) is 0. The van der Waals surface area contributed by atoms with Crippen LogP contribution >= 0.6 is 11.6 Å². The van der Waals surface area contributed by atoms with Crippen LogP contribution in [0.1, 0.15) is 22.7 Å². The van der Waals surface area contributed by atoms with Crippen LogP contribution in [-0.4, -0.2) is 16.1 Å². The normalized spacial score (nSPS) is 12.1. The van der Waals surface area contributed by atoms with Gasteiger partial charge in [-0.3, -0.25) is 9.78 Å². The summed E-state index contributed by atoms with van der Waals surface area (Å²) in [5.41, 5.74) is 2.48. The molecule has 0 aliphatic heterocycles. The number of carbonyl (C=O) groups is 1. The molecule has 1 heterocycles. The average molecular weight is 276 g/mol. The molecule has 1 N–H and O–H groups in total. The molecule has 1 atom stereocenters. The summed E-state index contributed by atoms with van der Waals surface area (Å²) < 4.78 is 0. The Hall–Kier alpha value is -1.87. The Morgan fingerprint density at radius 2 is 2.05 bits per heavy atom. The van der Waals surface area contributed by atoms with Crippen molar-refractivity contribution in [3.05, 3.63) is 64.4 Å². The smallest absolute Gasteiger partial charge is 0.312 e. The zero-order valence-corrected chi connectivity index (χ0v) is 11.3. The third-order valence-corrected chi connectivity index (χ3v) is 3.42. The van der Waals surface area contributed by atoms with E-state index in [9.17, 15) is 9.90 Å². The van der Waals surface area contributed by atoms with Gasteiger partial charge in [-0.25, -0.2) is 0 Å². The van der Waals surface area contributed by atoms with Crippen LogP contribution in [0.4, 0.5) is 0 Å². The molecule has 0 saturated carbocycles. The summed E-state index contributed by atoms with van der Waals surface area (Å²) in [6.07, 6.45) is 1.95. The van der Waals surface area contributed by atoms with E-state index in [0.29, 0.717) is 17.1 Å². The molecule has 0 spiro atoms. The zero-order chi connectivity index (χ0) is 13.8. The SMILES string of the molecule is Cc1ccccc1CC(C(=O)O)c1ncccc1Cl. The van der Waals surface area contributed by atoms with Crippen molar-refractivity contribution in [2.45, 2.75) is 19.3 Å². The van der Waals surface area contributed by atoms with Gasteiger partial charge in [0.15, 0.2) is 0 Å². The topological polar surface area (TPSA) is 50.2 Å². The monoisotopic (exact) mass is 275 g/mol. The molecule has 3 nitrogen and oxygen atoms in total. The van der Waals surface area contributed by atoms with E-state index < -0.39 is 11.9 Å². The van der Waals surface area contributed by atoms with Gasteiger partial charge in [0.2, 0.25) is 0 Å². The molecule has 2 aromatic rings. The maximum absolute atomic E-state index is 11.5. The van der Waals surface area contributed by atoms with Crippen molar-refractivity contribution in [1.29, 1.82) is 0 Å². The molecule has 19 heavy (non-hydrogen) atoms. The number of pyridine rings is 1. The lowest BCUT2D eigenvalue weighted by Crippen LogP contribution is -2.16. The van der Waals surface area contributed by atoms with Crippen molar-refractivity contribution in [2.75, 3.05) is 0 Å². The van der Waals surface area contributed by atoms with Crippen LogP contribution in [0.25, 0.3) is 0 Å². The van der Waals surface area contributed by atoms with Crippen LogP contribution in [0.3, 0.4) is 0 Å². The van der Waals surface area contributed by atoms with Gasteiger partial charge in [0.1, 0.15) is 5.92 Å². The zero-order valence-electron chi connectivity index (χ0n) is 10.5. The highest BCUT2D eigenvalue weighted by Crippen LogP contribution is 2.26. The fraction of sp³-hybridized carbons (Fsp3) is 0.200. The quantitative estimate of drug-likeness (QED) is 0.930. The first kappa shape index (κ1) is 13.6. The number of benzene rings is 1. The first-order chi connectivity index (χ1) is 9.09. The van der Waals surface area contributed by atoms with Gasteiger partial charge in [0.05, 0.1) is 10.7 Å². The molecule has 0 aliphatic rings. The molecule has 1 aromatic carbocycles. The van der Waals surface area contributed by atoms with Gasteiger partial charge < -0.3 is 5.11 Å². The van der Waals surface area contributed by atoms with Crippen LogP contribution in [0.2, 0.25) is 5.02 Å². The molecule has 2 rings (SSSR count). The second kappa shape index (κ2) is 5.85. The fourth-order valence-electron chi connectivity index (χ4n) is 2.01. The first-order valence-electron chi connectivity index (χ1n) is 5.97. The Morgan fingerprint density at radius 1 is 1.32 bits per heavy atom. The number of aliphatic carboxylic acids is 1. The Balaban J connectivity index is 2.35. The van der Waals surface area contributed by atoms with Crippen LogP contribution < -0.4 is 0 Å². The lowest BCUT2D eigenvalue weighted by atomic mass is 9.93. The molecule has 0 fully saturated rings. The molecule has 4 heteroatoms. The van der Waals surface area contributed by atoms with E-state index in [0.717, 1.165) is 11.1 Å². The van der Waals surface area contributed by atoms with Gasteiger partial charge in [-0.1, -0.05) is 35.9 Å². The maximum Gasteiger partial charge on any atom is 0.312 e. The molecule has 0 aliphatic carbocycles. The predicted octanol–water partition coefficient (Wildman–Crippen LogP) is 3.45. The molecule has 1 aromatic heterocycles. The number of aromatic nitrogens is 1. The first-order valence-corrected chi connectivity index (χ1v) is 6.35. The lowest BCUT2D eigenvalue weighted by molar-refractivity contribution is -0.138. The highest BCUT2D eigenvalue weighted by atomic mass is 35.5. The predicted molar refractivity (Wildman–Crippen MR) is 74.5 cm³/mol. The molecular weight excluding hydrogens is 262 g/mol. The minimum Gasteiger partial charge on any atom is -0.481 e. The molecule has 1 unspecified atom stereocenters. The largest absolute Gasteiger partial charge is 0.481 e. The second-order valence-corrected chi connectivity index (χ2v) is 4.80. The summed E-state index contributed by atoms with van der Waals surface area (Å²) >= 11 is 6.04. The number of carboxylic acids is 1. The summed E-state index contributed by atoms with van der Waals surface area (Å²) in [5.74, 6) is -1.64. The average Bonchev–Trinajstić information content (AvgIpc) is 2.38. The Labute approximate surface area is 116 Å².